The Morgan fingerprint density at radius 2 is 2.14 bits per heavy atom. The fraction of sp³-hybridized carbons (Fsp3) is 0.400. The SMILES string of the molecule is FC(F)(F)c1cccc([C@H]2CN(Cc3ccon3)CCO2)c1. The molecule has 3 rings (SSSR count). The van der Waals surface area contributed by atoms with Crippen molar-refractivity contribution in [1.82, 2.24) is 10.1 Å². The van der Waals surface area contributed by atoms with Crippen LogP contribution in [0.2, 0.25) is 0 Å². The van der Waals surface area contributed by atoms with Crippen LogP contribution in [0.5, 0.6) is 0 Å². The molecule has 1 aliphatic heterocycles. The number of nitrogens with zero attached hydrogens (tertiary/aromatic N) is 2. The first-order valence-electron chi connectivity index (χ1n) is 6.93. The summed E-state index contributed by atoms with van der Waals surface area (Å²) in [4.78, 5) is 2.09. The molecule has 0 amide bonds. The first-order chi connectivity index (χ1) is 10.5. The van der Waals surface area contributed by atoms with Crippen LogP contribution in [0.25, 0.3) is 0 Å². The number of rotatable bonds is 3. The highest BCUT2D eigenvalue weighted by Crippen LogP contribution is 2.32. The van der Waals surface area contributed by atoms with Gasteiger partial charge in [0, 0.05) is 25.7 Å². The van der Waals surface area contributed by atoms with Gasteiger partial charge in [0.05, 0.1) is 24.0 Å². The molecule has 1 saturated heterocycles. The zero-order chi connectivity index (χ0) is 15.6. The highest BCUT2D eigenvalue weighted by Gasteiger charge is 2.31. The lowest BCUT2D eigenvalue weighted by Gasteiger charge is -2.32. The molecular weight excluding hydrogens is 297 g/mol. The molecule has 1 aliphatic rings. The van der Waals surface area contributed by atoms with Gasteiger partial charge < -0.3 is 9.26 Å². The van der Waals surface area contributed by atoms with E-state index in [2.05, 4.69) is 10.1 Å². The summed E-state index contributed by atoms with van der Waals surface area (Å²) in [7, 11) is 0. The zero-order valence-corrected chi connectivity index (χ0v) is 11.7. The molecule has 22 heavy (non-hydrogen) atoms. The minimum Gasteiger partial charge on any atom is -0.371 e. The number of ether oxygens (including phenoxy) is 1. The van der Waals surface area contributed by atoms with E-state index in [4.69, 9.17) is 9.26 Å². The van der Waals surface area contributed by atoms with Crippen LogP contribution in [-0.2, 0) is 17.5 Å². The Kier molecular flexibility index (Phi) is 4.17. The summed E-state index contributed by atoms with van der Waals surface area (Å²) >= 11 is 0. The van der Waals surface area contributed by atoms with E-state index in [1.807, 2.05) is 0 Å². The first-order valence-corrected chi connectivity index (χ1v) is 6.93. The molecule has 0 saturated carbocycles. The van der Waals surface area contributed by atoms with Gasteiger partial charge in [-0.1, -0.05) is 17.3 Å². The van der Waals surface area contributed by atoms with Crippen molar-refractivity contribution in [2.24, 2.45) is 0 Å². The third-order valence-electron chi connectivity index (χ3n) is 3.61. The fourth-order valence-electron chi connectivity index (χ4n) is 2.51. The maximum Gasteiger partial charge on any atom is 0.416 e. The van der Waals surface area contributed by atoms with Crippen molar-refractivity contribution in [1.29, 1.82) is 0 Å². The third-order valence-corrected chi connectivity index (χ3v) is 3.61. The normalized spacial score (nSPS) is 20.2. The van der Waals surface area contributed by atoms with Gasteiger partial charge in [0.15, 0.2) is 0 Å². The van der Waals surface area contributed by atoms with Crippen LogP contribution in [0.15, 0.2) is 41.1 Å². The van der Waals surface area contributed by atoms with E-state index in [0.717, 1.165) is 17.8 Å². The molecule has 1 fully saturated rings. The van der Waals surface area contributed by atoms with Gasteiger partial charge in [-0.25, -0.2) is 0 Å². The lowest BCUT2D eigenvalue weighted by molar-refractivity contribution is -0.137. The van der Waals surface area contributed by atoms with E-state index in [0.29, 0.717) is 31.8 Å². The van der Waals surface area contributed by atoms with E-state index >= 15 is 0 Å². The predicted octanol–water partition coefficient (Wildman–Crippen LogP) is 3.27. The summed E-state index contributed by atoms with van der Waals surface area (Å²) in [5.41, 5.74) is 0.687. The molecule has 0 radical (unpaired) electrons. The topological polar surface area (TPSA) is 38.5 Å². The maximum atomic E-state index is 12.8. The third kappa shape index (κ3) is 3.48. The summed E-state index contributed by atoms with van der Waals surface area (Å²) in [6.07, 6.45) is -3.21. The molecule has 0 N–H and O–H groups in total. The molecule has 0 unspecified atom stereocenters. The minimum absolute atomic E-state index is 0.372. The van der Waals surface area contributed by atoms with Gasteiger partial charge in [0.25, 0.3) is 0 Å². The van der Waals surface area contributed by atoms with Gasteiger partial charge >= 0.3 is 6.18 Å². The Hall–Kier alpha value is -1.86. The van der Waals surface area contributed by atoms with Crippen LogP contribution in [0.4, 0.5) is 13.2 Å². The Morgan fingerprint density at radius 1 is 1.27 bits per heavy atom. The van der Waals surface area contributed by atoms with E-state index < -0.39 is 11.7 Å². The van der Waals surface area contributed by atoms with Crippen LogP contribution < -0.4 is 0 Å². The second kappa shape index (κ2) is 6.10. The minimum atomic E-state index is -4.34. The average Bonchev–Trinajstić information content (AvgIpc) is 3.00. The fourth-order valence-corrected chi connectivity index (χ4v) is 2.51. The van der Waals surface area contributed by atoms with Crippen LogP contribution in [0.3, 0.4) is 0 Å². The van der Waals surface area contributed by atoms with Crippen LogP contribution in [-0.4, -0.2) is 29.8 Å². The molecule has 0 bridgehead atoms. The molecule has 4 nitrogen and oxygen atoms in total. The molecule has 1 atom stereocenters. The van der Waals surface area contributed by atoms with Crippen LogP contribution >= 0.6 is 0 Å². The van der Waals surface area contributed by atoms with Crippen LogP contribution in [0, 0.1) is 0 Å². The van der Waals surface area contributed by atoms with Gasteiger partial charge in [-0.05, 0) is 17.7 Å². The van der Waals surface area contributed by atoms with Crippen molar-refractivity contribution in [3.8, 4) is 0 Å². The largest absolute Gasteiger partial charge is 0.416 e. The molecule has 0 spiro atoms. The number of alkyl halides is 3. The number of benzene rings is 1. The van der Waals surface area contributed by atoms with Gasteiger partial charge in [-0.15, -0.1) is 0 Å². The smallest absolute Gasteiger partial charge is 0.371 e. The van der Waals surface area contributed by atoms with Crippen molar-refractivity contribution < 1.29 is 22.4 Å². The lowest BCUT2D eigenvalue weighted by Crippen LogP contribution is -2.37. The van der Waals surface area contributed by atoms with Gasteiger partial charge in [0.2, 0.25) is 0 Å². The van der Waals surface area contributed by atoms with E-state index in [1.54, 1.807) is 12.1 Å². The molecule has 2 heterocycles. The van der Waals surface area contributed by atoms with Crippen molar-refractivity contribution in [3.63, 3.8) is 0 Å². The van der Waals surface area contributed by atoms with Crippen molar-refractivity contribution >= 4 is 0 Å². The Balaban J connectivity index is 1.72. The number of hydrogen-bond acceptors (Lipinski definition) is 4. The number of morpholine rings is 1. The van der Waals surface area contributed by atoms with Gasteiger partial charge in [-0.2, -0.15) is 13.2 Å². The quantitative estimate of drug-likeness (QED) is 0.872. The monoisotopic (exact) mass is 312 g/mol. The average molecular weight is 312 g/mol. The Morgan fingerprint density at radius 3 is 2.86 bits per heavy atom. The highest BCUT2D eigenvalue weighted by molar-refractivity contribution is 5.27. The second-order valence-electron chi connectivity index (χ2n) is 5.21. The number of hydrogen-bond donors (Lipinski definition) is 0. The molecule has 7 heteroatoms. The lowest BCUT2D eigenvalue weighted by atomic mass is 10.0. The first kappa shape index (κ1) is 15.1. The van der Waals surface area contributed by atoms with Crippen LogP contribution in [0.1, 0.15) is 22.9 Å². The van der Waals surface area contributed by atoms with Crippen molar-refractivity contribution in [2.75, 3.05) is 19.7 Å². The van der Waals surface area contributed by atoms with E-state index in [-0.39, 0.29) is 6.10 Å². The highest BCUT2D eigenvalue weighted by atomic mass is 19.4. The summed E-state index contributed by atoms with van der Waals surface area (Å²) in [5.74, 6) is 0. The number of halogens is 3. The molecule has 1 aromatic heterocycles. The zero-order valence-electron chi connectivity index (χ0n) is 11.7. The maximum absolute atomic E-state index is 12.8. The Labute approximate surface area is 125 Å². The summed E-state index contributed by atoms with van der Waals surface area (Å²) in [6.45, 7) is 2.30. The van der Waals surface area contributed by atoms with Gasteiger partial charge in [0.1, 0.15) is 6.26 Å². The summed E-state index contributed by atoms with van der Waals surface area (Å²) in [6, 6.07) is 7.08. The number of aromatic nitrogens is 1. The molecule has 1 aromatic carbocycles. The standard InChI is InChI=1S/C15H15F3N2O2/c16-15(17,18)12-3-1-2-11(8-12)14-10-20(5-7-21-14)9-13-4-6-22-19-13/h1-4,6,8,14H,5,7,9-10H2/t14-/m1/s1. The molecule has 118 valence electrons. The second-order valence-corrected chi connectivity index (χ2v) is 5.21. The summed E-state index contributed by atoms with van der Waals surface area (Å²) in [5, 5.41) is 3.85. The molecule has 2 aromatic rings. The summed E-state index contributed by atoms with van der Waals surface area (Å²) < 4.78 is 48.8. The Bertz CT molecular complexity index is 614. The van der Waals surface area contributed by atoms with E-state index in [9.17, 15) is 13.2 Å². The van der Waals surface area contributed by atoms with Crippen molar-refractivity contribution in [3.05, 3.63) is 53.4 Å². The predicted molar refractivity (Wildman–Crippen MR) is 71.9 cm³/mol. The van der Waals surface area contributed by atoms with E-state index in [1.165, 1.54) is 12.3 Å². The van der Waals surface area contributed by atoms with Gasteiger partial charge in [-0.3, -0.25) is 4.90 Å². The molecule has 0 aliphatic carbocycles. The molecular formula is C15H15F3N2O2. The van der Waals surface area contributed by atoms with Crippen molar-refractivity contribution in [2.45, 2.75) is 18.8 Å².